The minimum absolute atomic E-state index is 0.706. The Kier molecular flexibility index (Phi) is 2.28. The maximum Gasteiger partial charge on any atom is 0.180 e. The average molecular weight is 196 g/mol. The number of hydrogen-bond acceptors (Lipinski definition) is 3. The van der Waals surface area contributed by atoms with E-state index in [1.165, 1.54) is 23.4 Å². The highest BCUT2D eigenvalue weighted by atomic mass is 32.1. The fourth-order valence-electron chi connectivity index (χ4n) is 1.58. The lowest BCUT2D eigenvalue weighted by Crippen LogP contribution is -1.95. The smallest absolute Gasteiger partial charge is 0.180 e. The quantitative estimate of drug-likeness (QED) is 0.807. The standard InChI is InChI=1S/C10H16N2S/c1-6(2)5-8-9(7-3-4-7)12-10(11)13-8/h6-7H,3-5H2,1-2H3,(H2,11,12). The molecule has 1 fully saturated rings. The lowest BCUT2D eigenvalue weighted by atomic mass is 10.1. The Hall–Kier alpha value is -0.570. The molecular formula is C10H16N2S. The van der Waals surface area contributed by atoms with Crippen LogP contribution in [0.25, 0.3) is 0 Å². The van der Waals surface area contributed by atoms with Crippen molar-refractivity contribution in [2.45, 2.75) is 39.0 Å². The fourth-order valence-corrected chi connectivity index (χ4v) is 2.71. The molecule has 3 heteroatoms. The van der Waals surface area contributed by atoms with E-state index in [9.17, 15) is 0 Å². The van der Waals surface area contributed by atoms with Gasteiger partial charge in [-0.2, -0.15) is 0 Å². The van der Waals surface area contributed by atoms with Crippen molar-refractivity contribution in [3.05, 3.63) is 10.6 Å². The van der Waals surface area contributed by atoms with E-state index < -0.39 is 0 Å². The largest absolute Gasteiger partial charge is 0.375 e. The van der Waals surface area contributed by atoms with Crippen LogP contribution in [-0.2, 0) is 6.42 Å². The van der Waals surface area contributed by atoms with Crippen molar-refractivity contribution in [2.75, 3.05) is 5.73 Å². The molecule has 0 aliphatic heterocycles. The number of thiazole rings is 1. The van der Waals surface area contributed by atoms with Gasteiger partial charge in [0.2, 0.25) is 0 Å². The van der Waals surface area contributed by atoms with E-state index in [1.54, 1.807) is 11.3 Å². The van der Waals surface area contributed by atoms with E-state index >= 15 is 0 Å². The molecular weight excluding hydrogens is 180 g/mol. The van der Waals surface area contributed by atoms with E-state index in [1.807, 2.05) is 0 Å². The summed E-state index contributed by atoms with van der Waals surface area (Å²) in [7, 11) is 0. The molecule has 0 spiro atoms. The first-order valence-electron chi connectivity index (χ1n) is 4.92. The van der Waals surface area contributed by atoms with Gasteiger partial charge in [-0.25, -0.2) is 4.98 Å². The highest BCUT2D eigenvalue weighted by molar-refractivity contribution is 7.15. The zero-order valence-electron chi connectivity index (χ0n) is 8.21. The lowest BCUT2D eigenvalue weighted by molar-refractivity contribution is 0.648. The third-order valence-corrected chi connectivity index (χ3v) is 3.22. The van der Waals surface area contributed by atoms with Crippen molar-refractivity contribution in [3.63, 3.8) is 0 Å². The van der Waals surface area contributed by atoms with Gasteiger partial charge in [0.05, 0.1) is 5.69 Å². The van der Waals surface area contributed by atoms with Gasteiger partial charge in [-0.3, -0.25) is 0 Å². The Morgan fingerprint density at radius 3 is 2.77 bits per heavy atom. The van der Waals surface area contributed by atoms with Crippen molar-refractivity contribution < 1.29 is 0 Å². The van der Waals surface area contributed by atoms with Gasteiger partial charge in [0.1, 0.15) is 0 Å². The molecule has 2 rings (SSSR count). The lowest BCUT2D eigenvalue weighted by Gasteiger charge is -2.02. The van der Waals surface area contributed by atoms with Gasteiger partial charge in [0.15, 0.2) is 5.13 Å². The van der Waals surface area contributed by atoms with Crippen LogP contribution in [-0.4, -0.2) is 4.98 Å². The van der Waals surface area contributed by atoms with Crippen molar-refractivity contribution in [1.82, 2.24) is 4.98 Å². The third kappa shape index (κ3) is 2.02. The highest BCUT2D eigenvalue weighted by Gasteiger charge is 2.29. The zero-order chi connectivity index (χ0) is 9.42. The first-order valence-corrected chi connectivity index (χ1v) is 5.73. The molecule has 0 radical (unpaired) electrons. The minimum atomic E-state index is 0.706. The SMILES string of the molecule is CC(C)Cc1sc(N)nc1C1CC1. The van der Waals surface area contributed by atoms with Crippen molar-refractivity contribution >= 4 is 16.5 Å². The topological polar surface area (TPSA) is 38.9 Å². The molecule has 0 atom stereocenters. The number of hydrogen-bond donors (Lipinski definition) is 1. The van der Waals surface area contributed by atoms with Gasteiger partial charge < -0.3 is 5.73 Å². The van der Waals surface area contributed by atoms with Crippen LogP contribution in [0.4, 0.5) is 5.13 Å². The number of nitrogens with zero attached hydrogens (tertiary/aromatic N) is 1. The van der Waals surface area contributed by atoms with Crippen LogP contribution in [0, 0.1) is 5.92 Å². The summed E-state index contributed by atoms with van der Waals surface area (Å²) in [5, 5.41) is 0.748. The van der Waals surface area contributed by atoms with Gasteiger partial charge >= 0.3 is 0 Å². The van der Waals surface area contributed by atoms with Gasteiger partial charge in [0, 0.05) is 10.8 Å². The number of rotatable bonds is 3. The van der Waals surface area contributed by atoms with Crippen LogP contribution in [0.15, 0.2) is 0 Å². The third-order valence-electron chi connectivity index (χ3n) is 2.30. The number of nitrogen functional groups attached to an aromatic ring is 1. The molecule has 1 saturated carbocycles. The normalized spacial score (nSPS) is 16.8. The molecule has 1 aromatic rings. The maximum atomic E-state index is 5.73. The second-order valence-corrected chi connectivity index (χ2v) is 5.35. The van der Waals surface area contributed by atoms with Crippen LogP contribution in [0.2, 0.25) is 0 Å². The molecule has 1 aliphatic carbocycles. The fraction of sp³-hybridized carbons (Fsp3) is 0.700. The van der Waals surface area contributed by atoms with Crippen molar-refractivity contribution in [3.8, 4) is 0 Å². The predicted octanol–water partition coefficient (Wildman–Crippen LogP) is 2.80. The molecule has 13 heavy (non-hydrogen) atoms. The second kappa shape index (κ2) is 3.29. The van der Waals surface area contributed by atoms with Gasteiger partial charge in [-0.05, 0) is 25.2 Å². The molecule has 2 N–H and O–H groups in total. The Morgan fingerprint density at radius 2 is 2.23 bits per heavy atom. The van der Waals surface area contributed by atoms with E-state index in [4.69, 9.17) is 5.73 Å². The molecule has 72 valence electrons. The minimum Gasteiger partial charge on any atom is -0.375 e. The number of anilines is 1. The zero-order valence-corrected chi connectivity index (χ0v) is 9.03. The first-order chi connectivity index (χ1) is 6.16. The molecule has 1 aromatic heterocycles. The summed E-state index contributed by atoms with van der Waals surface area (Å²) < 4.78 is 0. The molecule has 0 unspecified atom stereocenters. The highest BCUT2D eigenvalue weighted by Crippen LogP contribution is 2.43. The number of nitrogens with two attached hydrogens (primary N) is 1. The van der Waals surface area contributed by atoms with E-state index in [-0.39, 0.29) is 0 Å². The summed E-state index contributed by atoms with van der Waals surface area (Å²) in [6, 6.07) is 0. The Morgan fingerprint density at radius 1 is 1.54 bits per heavy atom. The summed E-state index contributed by atoms with van der Waals surface area (Å²) >= 11 is 1.68. The second-order valence-electron chi connectivity index (χ2n) is 4.23. The average Bonchev–Trinajstić information content (AvgIpc) is 2.77. The Bertz CT molecular complexity index is 300. The maximum absolute atomic E-state index is 5.73. The van der Waals surface area contributed by atoms with Gasteiger partial charge in [-0.15, -0.1) is 11.3 Å². The van der Waals surface area contributed by atoms with Crippen LogP contribution in [0.5, 0.6) is 0 Å². The predicted molar refractivity (Wildman–Crippen MR) is 57.0 cm³/mol. The van der Waals surface area contributed by atoms with Crippen molar-refractivity contribution in [2.24, 2.45) is 5.92 Å². The van der Waals surface area contributed by atoms with E-state index in [0.29, 0.717) is 5.92 Å². The molecule has 1 aliphatic rings. The van der Waals surface area contributed by atoms with Crippen LogP contribution < -0.4 is 5.73 Å². The summed E-state index contributed by atoms with van der Waals surface area (Å²) in [5.41, 5.74) is 7.03. The summed E-state index contributed by atoms with van der Waals surface area (Å²) in [4.78, 5) is 5.85. The molecule has 0 aromatic carbocycles. The molecule has 2 nitrogen and oxygen atoms in total. The van der Waals surface area contributed by atoms with Crippen LogP contribution in [0.3, 0.4) is 0 Å². The van der Waals surface area contributed by atoms with E-state index in [2.05, 4.69) is 18.8 Å². The Labute approximate surface area is 83.2 Å². The molecule has 0 amide bonds. The summed E-state index contributed by atoms with van der Waals surface area (Å²) in [6.07, 6.45) is 3.77. The summed E-state index contributed by atoms with van der Waals surface area (Å²) in [5.74, 6) is 1.44. The van der Waals surface area contributed by atoms with Crippen LogP contribution >= 0.6 is 11.3 Å². The monoisotopic (exact) mass is 196 g/mol. The van der Waals surface area contributed by atoms with Gasteiger partial charge in [-0.1, -0.05) is 13.8 Å². The number of aromatic nitrogens is 1. The molecule has 0 saturated heterocycles. The molecule has 0 bridgehead atoms. The molecule has 1 heterocycles. The van der Waals surface area contributed by atoms with Crippen LogP contribution in [0.1, 0.15) is 43.2 Å². The first kappa shape index (κ1) is 9.00. The summed E-state index contributed by atoms with van der Waals surface area (Å²) in [6.45, 7) is 4.49. The van der Waals surface area contributed by atoms with Gasteiger partial charge in [0.25, 0.3) is 0 Å². The Balaban J connectivity index is 2.21. The van der Waals surface area contributed by atoms with E-state index in [0.717, 1.165) is 17.5 Å². The van der Waals surface area contributed by atoms with Crippen molar-refractivity contribution in [1.29, 1.82) is 0 Å².